The molecular formula is C12H15NO. The Kier molecular flexibility index (Phi) is 3.55. The van der Waals surface area contributed by atoms with Crippen molar-refractivity contribution in [3.63, 3.8) is 0 Å². The van der Waals surface area contributed by atoms with Crippen LogP contribution in [-0.2, 0) is 0 Å². The van der Waals surface area contributed by atoms with Crippen molar-refractivity contribution in [3.8, 4) is 17.6 Å². The van der Waals surface area contributed by atoms with Gasteiger partial charge in [0.2, 0.25) is 0 Å². The van der Waals surface area contributed by atoms with E-state index in [2.05, 4.69) is 11.8 Å². The summed E-state index contributed by atoms with van der Waals surface area (Å²) in [5, 5.41) is 0. The Bertz CT molecular complexity index is 362. The zero-order valence-electron chi connectivity index (χ0n) is 8.85. The molecule has 0 radical (unpaired) electrons. The first-order valence-electron chi connectivity index (χ1n) is 4.53. The van der Waals surface area contributed by atoms with E-state index in [4.69, 9.17) is 10.5 Å². The highest BCUT2D eigenvalue weighted by Crippen LogP contribution is 2.23. The van der Waals surface area contributed by atoms with Crippen LogP contribution in [0.3, 0.4) is 0 Å². The van der Waals surface area contributed by atoms with Crippen LogP contribution >= 0.6 is 0 Å². The van der Waals surface area contributed by atoms with E-state index in [0.717, 1.165) is 22.4 Å². The van der Waals surface area contributed by atoms with Crippen LogP contribution in [-0.4, -0.2) is 13.7 Å². The van der Waals surface area contributed by atoms with Gasteiger partial charge in [0.1, 0.15) is 5.75 Å². The van der Waals surface area contributed by atoms with Crippen molar-refractivity contribution in [2.75, 3.05) is 13.7 Å². The SMILES string of the molecule is COc1c(C)cc(C#CCN)cc1C. The van der Waals surface area contributed by atoms with Gasteiger partial charge in [0.25, 0.3) is 0 Å². The lowest BCUT2D eigenvalue weighted by Gasteiger charge is -2.08. The van der Waals surface area contributed by atoms with Crippen LogP contribution in [0.25, 0.3) is 0 Å². The minimum atomic E-state index is 0.393. The van der Waals surface area contributed by atoms with Gasteiger partial charge < -0.3 is 10.5 Å². The minimum Gasteiger partial charge on any atom is -0.496 e. The number of ether oxygens (including phenoxy) is 1. The lowest BCUT2D eigenvalue weighted by Crippen LogP contribution is -1.94. The van der Waals surface area contributed by atoms with Gasteiger partial charge in [-0.1, -0.05) is 11.8 Å². The monoisotopic (exact) mass is 189 g/mol. The van der Waals surface area contributed by atoms with E-state index in [1.54, 1.807) is 7.11 Å². The van der Waals surface area contributed by atoms with Crippen molar-refractivity contribution < 1.29 is 4.74 Å². The molecule has 2 heteroatoms. The summed E-state index contributed by atoms with van der Waals surface area (Å²) in [6.07, 6.45) is 0. The third-order valence-corrected chi connectivity index (χ3v) is 2.00. The molecule has 0 saturated heterocycles. The summed E-state index contributed by atoms with van der Waals surface area (Å²) in [6, 6.07) is 4.02. The van der Waals surface area contributed by atoms with E-state index in [-0.39, 0.29) is 0 Å². The predicted octanol–water partition coefficient (Wildman–Crippen LogP) is 1.62. The van der Waals surface area contributed by atoms with Crippen LogP contribution in [0.15, 0.2) is 12.1 Å². The summed E-state index contributed by atoms with van der Waals surface area (Å²) in [5.41, 5.74) is 8.51. The molecule has 0 bridgehead atoms. The summed E-state index contributed by atoms with van der Waals surface area (Å²) in [6.45, 7) is 4.42. The molecule has 14 heavy (non-hydrogen) atoms. The smallest absolute Gasteiger partial charge is 0.124 e. The summed E-state index contributed by atoms with van der Waals surface area (Å²) in [7, 11) is 1.68. The van der Waals surface area contributed by atoms with Crippen LogP contribution in [0.2, 0.25) is 0 Å². The van der Waals surface area contributed by atoms with E-state index in [1.807, 2.05) is 26.0 Å². The number of rotatable bonds is 1. The highest BCUT2D eigenvalue weighted by atomic mass is 16.5. The Labute approximate surface area is 85.1 Å². The maximum absolute atomic E-state index is 5.31. The number of methoxy groups -OCH3 is 1. The molecule has 0 aromatic heterocycles. The van der Waals surface area contributed by atoms with E-state index >= 15 is 0 Å². The minimum absolute atomic E-state index is 0.393. The Morgan fingerprint density at radius 2 is 1.86 bits per heavy atom. The highest BCUT2D eigenvalue weighted by molar-refractivity contribution is 5.48. The van der Waals surface area contributed by atoms with E-state index in [1.165, 1.54) is 0 Å². The zero-order valence-corrected chi connectivity index (χ0v) is 8.85. The van der Waals surface area contributed by atoms with Gasteiger partial charge >= 0.3 is 0 Å². The largest absolute Gasteiger partial charge is 0.496 e. The van der Waals surface area contributed by atoms with Gasteiger partial charge in [0.05, 0.1) is 13.7 Å². The first-order valence-corrected chi connectivity index (χ1v) is 4.53. The maximum Gasteiger partial charge on any atom is 0.124 e. The van der Waals surface area contributed by atoms with Crippen LogP contribution in [0.5, 0.6) is 5.75 Å². The van der Waals surface area contributed by atoms with E-state index in [9.17, 15) is 0 Å². The molecule has 1 aromatic rings. The fourth-order valence-corrected chi connectivity index (χ4v) is 1.50. The summed E-state index contributed by atoms with van der Waals surface area (Å²) >= 11 is 0. The second kappa shape index (κ2) is 4.69. The number of hydrogen-bond acceptors (Lipinski definition) is 2. The topological polar surface area (TPSA) is 35.2 Å². The Balaban J connectivity index is 3.14. The predicted molar refractivity (Wildman–Crippen MR) is 58.4 cm³/mol. The van der Waals surface area contributed by atoms with Crippen molar-refractivity contribution in [2.24, 2.45) is 5.73 Å². The second-order valence-corrected chi connectivity index (χ2v) is 3.15. The summed E-state index contributed by atoms with van der Waals surface area (Å²) < 4.78 is 5.26. The Morgan fingerprint density at radius 1 is 1.29 bits per heavy atom. The number of nitrogens with two attached hydrogens (primary N) is 1. The van der Waals surface area contributed by atoms with Gasteiger partial charge in [0, 0.05) is 5.56 Å². The van der Waals surface area contributed by atoms with Crippen LogP contribution in [0, 0.1) is 25.7 Å². The molecule has 0 heterocycles. The standard InChI is InChI=1S/C12H15NO/c1-9-7-11(5-4-6-13)8-10(2)12(9)14-3/h7-8H,6,13H2,1-3H3. The van der Waals surface area contributed by atoms with Crippen LogP contribution < -0.4 is 10.5 Å². The van der Waals surface area contributed by atoms with Gasteiger partial charge in [0.15, 0.2) is 0 Å². The number of aryl methyl sites for hydroxylation is 2. The quantitative estimate of drug-likeness (QED) is 0.681. The lowest BCUT2D eigenvalue weighted by atomic mass is 10.1. The van der Waals surface area contributed by atoms with Gasteiger partial charge in [-0.25, -0.2) is 0 Å². The Hall–Kier alpha value is -1.46. The molecule has 2 N–H and O–H groups in total. The third-order valence-electron chi connectivity index (χ3n) is 2.00. The lowest BCUT2D eigenvalue weighted by molar-refractivity contribution is 0.408. The van der Waals surface area contributed by atoms with Gasteiger partial charge in [-0.2, -0.15) is 0 Å². The average molecular weight is 189 g/mol. The summed E-state index contributed by atoms with van der Waals surface area (Å²) in [5.74, 6) is 6.77. The first kappa shape index (κ1) is 10.6. The number of hydrogen-bond donors (Lipinski definition) is 1. The van der Waals surface area contributed by atoms with Crippen LogP contribution in [0.1, 0.15) is 16.7 Å². The molecule has 74 valence electrons. The number of benzene rings is 1. The van der Waals surface area contributed by atoms with Gasteiger partial charge in [-0.3, -0.25) is 0 Å². The van der Waals surface area contributed by atoms with Crippen molar-refractivity contribution in [1.82, 2.24) is 0 Å². The van der Waals surface area contributed by atoms with Crippen molar-refractivity contribution in [2.45, 2.75) is 13.8 Å². The fourth-order valence-electron chi connectivity index (χ4n) is 1.50. The van der Waals surface area contributed by atoms with Crippen molar-refractivity contribution in [1.29, 1.82) is 0 Å². The first-order chi connectivity index (χ1) is 6.69. The van der Waals surface area contributed by atoms with E-state index < -0.39 is 0 Å². The average Bonchev–Trinajstić information content (AvgIpc) is 2.14. The maximum atomic E-state index is 5.31. The zero-order chi connectivity index (χ0) is 10.6. The second-order valence-electron chi connectivity index (χ2n) is 3.15. The molecule has 1 aromatic carbocycles. The van der Waals surface area contributed by atoms with Gasteiger partial charge in [-0.15, -0.1) is 0 Å². The van der Waals surface area contributed by atoms with Crippen molar-refractivity contribution in [3.05, 3.63) is 28.8 Å². The van der Waals surface area contributed by atoms with Gasteiger partial charge in [-0.05, 0) is 37.1 Å². The Morgan fingerprint density at radius 3 is 2.29 bits per heavy atom. The molecule has 0 unspecified atom stereocenters. The molecule has 2 nitrogen and oxygen atoms in total. The van der Waals surface area contributed by atoms with Crippen molar-refractivity contribution >= 4 is 0 Å². The molecule has 0 atom stereocenters. The molecule has 0 saturated carbocycles. The molecule has 0 aliphatic heterocycles. The van der Waals surface area contributed by atoms with Crippen LogP contribution in [0.4, 0.5) is 0 Å². The molecule has 0 aliphatic carbocycles. The molecule has 0 amide bonds. The fraction of sp³-hybridized carbons (Fsp3) is 0.333. The summed E-state index contributed by atoms with van der Waals surface area (Å²) in [4.78, 5) is 0. The molecule has 0 fully saturated rings. The molecule has 1 rings (SSSR count). The highest BCUT2D eigenvalue weighted by Gasteiger charge is 2.03. The molecule has 0 aliphatic rings. The van der Waals surface area contributed by atoms with E-state index in [0.29, 0.717) is 6.54 Å². The molecular weight excluding hydrogens is 174 g/mol. The normalized spacial score (nSPS) is 9.14. The molecule has 0 spiro atoms. The third kappa shape index (κ3) is 2.27.